The Bertz CT molecular complexity index is 1060. The second kappa shape index (κ2) is 7.14. The van der Waals surface area contributed by atoms with Gasteiger partial charge in [-0.2, -0.15) is 0 Å². The number of fused-ring (bicyclic) bond motifs is 1. The van der Waals surface area contributed by atoms with Gasteiger partial charge in [0.25, 0.3) is 5.79 Å². The third kappa shape index (κ3) is 2.42. The van der Waals surface area contributed by atoms with Gasteiger partial charge in [-0.05, 0) is 18.6 Å². The Morgan fingerprint density at radius 3 is 2.03 bits per heavy atom. The molecule has 2 aromatic carbocycles. The van der Waals surface area contributed by atoms with E-state index in [0.717, 1.165) is 22.3 Å². The number of allylic oxidation sites excluding steroid dienone is 6. The Morgan fingerprint density at radius 1 is 0.862 bits per heavy atom. The van der Waals surface area contributed by atoms with Crippen LogP contribution >= 0.6 is 0 Å². The summed E-state index contributed by atoms with van der Waals surface area (Å²) in [5.41, 5.74) is 3.12. The lowest BCUT2D eigenvalue weighted by Gasteiger charge is -2.39. The Morgan fingerprint density at radius 2 is 1.48 bits per heavy atom. The molecule has 0 bridgehead atoms. The van der Waals surface area contributed by atoms with Crippen LogP contribution in [0.2, 0.25) is 0 Å². The zero-order valence-corrected chi connectivity index (χ0v) is 16.6. The van der Waals surface area contributed by atoms with Gasteiger partial charge in [0.1, 0.15) is 16.9 Å². The SMILES string of the molecule is C=C/C=C1\C(=C)OC2(c3ccccc3)OC(C=C)=C(/C=C\C)C12c1ccccc1. The molecule has 0 aromatic heterocycles. The molecule has 1 saturated heterocycles. The van der Waals surface area contributed by atoms with E-state index < -0.39 is 11.2 Å². The zero-order chi connectivity index (χ0) is 20.5. The molecule has 1 fully saturated rings. The molecule has 0 amide bonds. The van der Waals surface area contributed by atoms with Crippen LogP contribution in [-0.4, -0.2) is 0 Å². The van der Waals surface area contributed by atoms with Crippen molar-refractivity contribution in [2.75, 3.05) is 0 Å². The van der Waals surface area contributed by atoms with E-state index in [0.29, 0.717) is 11.5 Å². The van der Waals surface area contributed by atoms with Crippen LogP contribution in [0, 0.1) is 0 Å². The van der Waals surface area contributed by atoms with Crippen LogP contribution in [0.25, 0.3) is 0 Å². The highest BCUT2D eigenvalue weighted by molar-refractivity contribution is 5.67. The van der Waals surface area contributed by atoms with Crippen molar-refractivity contribution in [2.45, 2.75) is 18.1 Å². The molecular formula is C27H24O2. The predicted molar refractivity (Wildman–Crippen MR) is 118 cm³/mol. The van der Waals surface area contributed by atoms with Crippen LogP contribution in [0.4, 0.5) is 0 Å². The second-order valence-electron chi connectivity index (χ2n) is 7.02. The summed E-state index contributed by atoms with van der Waals surface area (Å²) in [6.45, 7) is 14.2. The molecule has 2 atom stereocenters. The predicted octanol–water partition coefficient (Wildman–Crippen LogP) is 6.48. The highest BCUT2D eigenvalue weighted by Gasteiger charge is 2.71. The topological polar surface area (TPSA) is 18.5 Å². The summed E-state index contributed by atoms with van der Waals surface area (Å²) in [6, 6.07) is 20.3. The maximum Gasteiger partial charge on any atom is 0.296 e. The van der Waals surface area contributed by atoms with Gasteiger partial charge in [0.05, 0.1) is 0 Å². The van der Waals surface area contributed by atoms with Gasteiger partial charge in [-0.3, -0.25) is 0 Å². The quantitative estimate of drug-likeness (QED) is 0.591. The molecule has 2 aliphatic heterocycles. The van der Waals surface area contributed by atoms with Crippen molar-refractivity contribution < 1.29 is 9.47 Å². The smallest absolute Gasteiger partial charge is 0.296 e. The fourth-order valence-corrected chi connectivity index (χ4v) is 4.55. The number of hydrogen-bond donors (Lipinski definition) is 0. The molecule has 2 unspecified atom stereocenters. The van der Waals surface area contributed by atoms with E-state index >= 15 is 0 Å². The Kier molecular flexibility index (Phi) is 4.63. The lowest BCUT2D eigenvalue weighted by atomic mass is 9.63. The lowest BCUT2D eigenvalue weighted by molar-refractivity contribution is -0.185. The van der Waals surface area contributed by atoms with Crippen molar-refractivity contribution >= 4 is 0 Å². The first-order chi connectivity index (χ1) is 14.2. The van der Waals surface area contributed by atoms with Gasteiger partial charge in [-0.15, -0.1) is 0 Å². The van der Waals surface area contributed by atoms with Crippen molar-refractivity contribution in [1.29, 1.82) is 0 Å². The minimum Gasteiger partial charge on any atom is -0.447 e. The second-order valence-corrected chi connectivity index (χ2v) is 7.02. The van der Waals surface area contributed by atoms with Gasteiger partial charge in [0.15, 0.2) is 0 Å². The minimum absolute atomic E-state index is 0.572. The lowest BCUT2D eigenvalue weighted by Crippen LogP contribution is -2.45. The number of hydrogen-bond acceptors (Lipinski definition) is 2. The summed E-state index contributed by atoms with van der Waals surface area (Å²) in [5, 5.41) is 0. The van der Waals surface area contributed by atoms with E-state index in [-0.39, 0.29) is 0 Å². The Hall–Kier alpha value is -3.52. The van der Waals surface area contributed by atoms with E-state index in [1.165, 1.54) is 0 Å². The zero-order valence-electron chi connectivity index (χ0n) is 16.6. The van der Waals surface area contributed by atoms with Crippen LogP contribution in [0.5, 0.6) is 0 Å². The number of benzene rings is 2. The van der Waals surface area contributed by atoms with Crippen molar-refractivity contribution in [3.63, 3.8) is 0 Å². The maximum absolute atomic E-state index is 6.63. The highest BCUT2D eigenvalue weighted by atomic mass is 16.7. The van der Waals surface area contributed by atoms with Gasteiger partial charge < -0.3 is 9.47 Å². The molecule has 2 heteroatoms. The van der Waals surface area contributed by atoms with Gasteiger partial charge in [-0.1, -0.05) is 105 Å². The normalized spacial score (nSPS) is 27.1. The van der Waals surface area contributed by atoms with Crippen LogP contribution in [0.15, 0.2) is 133 Å². The summed E-state index contributed by atoms with van der Waals surface area (Å²) >= 11 is 0. The van der Waals surface area contributed by atoms with Crippen LogP contribution in [0.3, 0.4) is 0 Å². The molecule has 0 aliphatic carbocycles. The molecular weight excluding hydrogens is 356 g/mol. The summed E-state index contributed by atoms with van der Waals surface area (Å²) in [7, 11) is 0. The average molecular weight is 380 g/mol. The molecule has 2 aromatic rings. The van der Waals surface area contributed by atoms with Gasteiger partial charge in [0, 0.05) is 16.7 Å². The molecule has 2 nitrogen and oxygen atoms in total. The molecule has 2 aliphatic rings. The molecule has 0 spiro atoms. The molecule has 0 radical (unpaired) electrons. The Labute approximate surface area is 172 Å². The summed E-state index contributed by atoms with van der Waals surface area (Å²) in [5.74, 6) is 0.140. The third-order valence-corrected chi connectivity index (χ3v) is 5.55. The summed E-state index contributed by atoms with van der Waals surface area (Å²) in [6.07, 6.45) is 9.59. The van der Waals surface area contributed by atoms with Crippen molar-refractivity contribution in [2.24, 2.45) is 0 Å². The fourth-order valence-electron chi connectivity index (χ4n) is 4.55. The molecule has 2 heterocycles. The van der Waals surface area contributed by atoms with E-state index in [9.17, 15) is 0 Å². The van der Waals surface area contributed by atoms with E-state index in [4.69, 9.17) is 9.47 Å². The molecule has 29 heavy (non-hydrogen) atoms. The van der Waals surface area contributed by atoms with Crippen molar-refractivity contribution in [1.82, 2.24) is 0 Å². The maximum atomic E-state index is 6.63. The van der Waals surface area contributed by atoms with Gasteiger partial charge in [-0.25, -0.2) is 0 Å². The monoisotopic (exact) mass is 380 g/mol. The van der Waals surface area contributed by atoms with Gasteiger partial charge in [0.2, 0.25) is 0 Å². The number of rotatable bonds is 5. The molecule has 144 valence electrons. The average Bonchev–Trinajstić information content (AvgIpc) is 3.17. The number of ether oxygens (including phenoxy) is 2. The van der Waals surface area contributed by atoms with Crippen molar-refractivity contribution in [3.05, 3.63) is 145 Å². The van der Waals surface area contributed by atoms with E-state index in [1.54, 1.807) is 12.2 Å². The standard InChI is InChI=1S/C27H24O2/c1-5-14-23-20(4)28-27(22-18-12-9-13-19-22)26(23,21-16-10-8-11-17-21)24(15-6-2)25(7-3)29-27/h5-19H,1,3-4H2,2H3/b15-6-,23-14+. The van der Waals surface area contributed by atoms with Crippen molar-refractivity contribution in [3.8, 4) is 0 Å². The van der Waals surface area contributed by atoms with Crippen LogP contribution in [-0.2, 0) is 20.7 Å². The van der Waals surface area contributed by atoms with Gasteiger partial charge >= 0.3 is 0 Å². The molecule has 0 N–H and O–H groups in total. The largest absolute Gasteiger partial charge is 0.447 e. The first-order valence-corrected chi connectivity index (χ1v) is 9.67. The van der Waals surface area contributed by atoms with E-state index in [2.05, 4.69) is 37.9 Å². The third-order valence-electron chi connectivity index (χ3n) is 5.55. The fraction of sp³-hybridized carbons (Fsp3) is 0.111. The van der Waals surface area contributed by atoms with E-state index in [1.807, 2.05) is 67.6 Å². The van der Waals surface area contributed by atoms with Crippen LogP contribution < -0.4 is 0 Å². The first-order valence-electron chi connectivity index (χ1n) is 9.67. The molecule has 0 saturated carbocycles. The highest BCUT2D eigenvalue weighted by Crippen LogP contribution is 2.67. The first kappa shape index (κ1) is 18.8. The minimum atomic E-state index is -1.13. The van der Waals surface area contributed by atoms with Crippen LogP contribution in [0.1, 0.15) is 18.1 Å². The Balaban J connectivity index is 2.20. The molecule has 4 rings (SSSR count). The summed E-state index contributed by atoms with van der Waals surface area (Å²) < 4.78 is 13.2. The summed E-state index contributed by atoms with van der Waals surface area (Å²) in [4.78, 5) is 0.